The van der Waals surface area contributed by atoms with Crippen LogP contribution in [0, 0.1) is 5.92 Å². The molecule has 2 amide bonds. The first-order valence-corrected chi connectivity index (χ1v) is 9.14. The average Bonchev–Trinajstić information content (AvgIpc) is 3.47. The van der Waals surface area contributed by atoms with Gasteiger partial charge in [0.15, 0.2) is 0 Å². The molecule has 0 aromatic heterocycles. The van der Waals surface area contributed by atoms with Crippen molar-refractivity contribution >= 4 is 33.4 Å². The lowest BCUT2D eigenvalue weighted by molar-refractivity contribution is -0.119. The van der Waals surface area contributed by atoms with E-state index in [0.717, 1.165) is 22.9 Å². The van der Waals surface area contributed by atoms with Gasteiger partial charge in [0.2, 0.25) is 5.91 Å². The Bertz CT molecular complexity index is 802. The molecule has 3 rings (SSSR count). The van der Waals surface area contributed by atoms with Crippen molar-refractivity contribution in [3.8, 4) is 0 Å². The van der Waals surface area contributed by atoms with Crippen LogP contribution in [0.3, 0.4) is 0 Å². The van der Waals surface area contributed by atoms with Crippen LogP contribution in [0.5, 0.6) is 0 Å². The molecule has 0 heterocycles. The van der Waals surface area contributed by atoms with Gasteiger partial charge in [0.25, 0.3) is 5.91 Å². The number of carbonyl (C=O) groups excluding carboxylic acids is 2. The highest BCUT2D eigenvalue weighted by molar-refractivity contribution is 9.10. The molecule has 25 heavy (non-hydrogen) atoms. The largest absolute Gasteiger partial charge is 0.337 e. The molecule has 0 unspecified atom stereocenters. The van der Waals surface area contributed by atoms with Crippen LogP contribution in [0.25, 0.3) is 0 Å². The SMILES string of the molecule is CN(Cc1ccccc1Br)C(=O)c1ccccc1N(C)C(=O)C1CC1. The van der Waals surface area contributed by atoms with E-state index in [2.05, 4.69) is 15.9 Å². The van der Waals surface area contributed by atoms with E-state index >= 15 is 0 Å². The molecule has 0 radical (unpaired) electrons. The van der Waals surface area contributed by atoms with Crippen LogP contribution in [0.4, 0.5) is 5.69 Å². The molecule has 2 aromatic rings. The molecule has 130 valence electrons. The van der Waals surface area contributed by atoms with Crippen molar-refractivity contribution in [2.24, 2.45) is 5.92 Å². The number of halogens is 1. The molecular formula is C20H21BrN2O2. The molecule has 0 aliphatic heterocycles. The fraction of sp³-hybridized carbons (Fsp3) is 0.300. The number of para-hydroxylation sites is 1. The summed E-state index contributed by atoms with van der Waals surface area (Å²) in [6, 6.07) is 15.2. The van der Waals surface area contributed by atoms with Crippen LogP contribution < -0.4 is 4.90 Å². The van der Waals surface area contributed by atoms with Gasteiger partial charge >= 0.3 is 0 Å². The van der Waals surface area contributed by atoms with E-state index in [4.69, 9.17) is 0 Å². The average molecular weight is 401 g/mol. The van der Waals surface area contributed by atoms with Gasteiger partial charge in [-0.3, -0.25) is 9.59 Å². The van der Waals surface area contributed by atoms with Crippen molar-refractivity contribution in [2.75, 3.05) is 19.0 Å². The maximum atomic E-state index is 13.0. The predicted molar refractivity (Wildman–Crippen MR) is 103 cm³/mol. The summed E-state index contributed by atoms with van der Waals surface area (Å²) in [6.07, 6.45) is 1.89. The van der Waals surface area contributed by atoms with E-state index in [1.54, 1.807) is 30.0 Å². The fourth-order valence-electron chi connectivity index (χ4n) is 2.83. The summed E-state index contributed by atoms with van der Waals surface area (Å²) < 4.78 is 0.976. The molecule has 1 aliphatic rings. The minimum atomic E-state index is -0.0956. The van der Waals surface area contributed by atoms with E-state index < -0.39 is 0 Å². The van der Waals surface area contributed by atoms with Gasteiger partial charge in [-0.15, -0.1) is 0 Å². The van der Waals surface area contributed by atoms with Gasteiger partial charge in [-0.05, 0) is 36.6 Å². The van der Waals surface area contributed by atoms with Crippen LogP contribution in [0.1, 0.15) is 28.8 Å². The summed E-state index contributed by atoms with van der Waals surface area (Å²) in [5.74, 6) is 0.113. The van der Waals surface area contributed by atoms with Crippen molar-refractivity contribution in [1.29, 1.82) is 0 Å². The zero-order valence-electron chi connectivity index (χ0n) is 14.4. The third-order valence-electron chi connectivity index (χ3n) is 4.47. The highest BCUT2D eigenvalue weighted by atomic mass is 79.9. The number of nitrogens with zero attached hydrogens (tertiary/aromatic N) is 2. The van der Waals surface area contributed by atoms with Crippen molar-refractivity contribution in [3.63, 3.8) is 0 Å². The first kappa shape index (κ1) is 17.7. The van der Waals surface area contributed by atoms with Gasteiger partial charge in [0, 0.05) is 31.0 Å². The number of hydrogen-bond acceptors (Lipinski definition) is 2. The molecule has 0 saturated heterocycles. The minimum absolute atomic E-state index is 0.0914. The number of carbonyl (C=O) groups is 2. The maximum Gasteiger partial charge on any atom is 0.256 e. The van der Waals surface area contributed by atoms with E-state index in [9.17, 15) is 9.59 Å². The van der Waals surface area contributed by atoms with Crippen molar-refractivity contribution < 1.29 is 9.59 Å². The molecule has 1 saturated carbocycles. The summed E-state index contributed by atoms with van der Waals surface area (Å²) >= 11 is 3.52. The summed E-state index contributed by atoms with van der Waals surface area (Å²) in [7, 11) is 3.53. The Morgan fingerprint density at radius 2 is 1.68 bits per heavy atom. The van der Waals surface area contributed by atoms with Crippen molar-refractivity contribution in [2.45, 2.75) is 19.4 Å². The number of amides is 2. The first-order valence-electron chi connectivity index (χ1n) is 8.34. The third kappa shape index (κ3) is 3.93. The molecule has 1 aliphatic carbocycles. The quantitative estimate of drug-likeness (QED) is 0.757. The topological polar surface area (TPSA) is 40.6 Å². The number of benzene rings is 2. The van der Waals surface area contributed by atoms with Crippen LogP contribution in [0.15, 0.2) is 53.0 Å². The monoisotopic (exact) mass is 400 g/mol. The Morgan fingerprint density at radius 1 is 1.04 bits per heavy atom. The molecule has 0 atom stereocenters. The number of rotatable bonds is 5. The minimum Gasteiger partial charge on any atom is -0.337 e. The smallest absolute Gasteiger partial charge is 0.256 e. The van der Waals surface area contributed by atoms with E-state index in [1.807, 2.05) is 42.5 Å². The molecule has 5 heteroatoms. The summed E-state index contributed by atoms with van der Waals surface area (Å²) in [4.78, 5) is 28.6. The van der Waals surface area contributed by atoms with Gasteiger partial charge in [0.1, 0.15) is 0 Å². The molecule has 1 fully saturated rings. The summed E-state index contributed by atoms with van der Waals surface area (Å²) in [5.41, 5.74) is 2.26. The predicted octanol–water partition coefficient (Wildman–Crippen LogP) is 4.09. The molecular weight excluding hydrogens is 380 g/mol. The van der Waals surface area contributed by atoms with Gasteiger partial charge in [-0.1, -0.05) is 46.3 Å². The Labute approximate surface area is 156 Å². The number of anilines is 1. The molecule has 0 spiro atoms. The Kier molecular flexibility index (Phi) is 5.23. The van der Waals surface area contributed by atoms with Crippen LogP contribution >= 0.6 is 15.9 Å². The number of hydrogen-bond donors (Lipinski definition) is 0. The van der Waals surface area contributed by atoms with Crippen LogP contribution in [-0.2, 0) is 11.3 Å². The second-order valence-corrected chi connectivity index (χ2v) is 7.30. The van der Waals surface area contributed by atoms with Gasteiger partial charge in [0.05, 0.1) is 11.3 Å². The van der Waals surface area contributed by atoms with Crippen molar-refractivity contribution in [1.82, 2.24) is 4.90 Å². The van der Waals surface area contributed by atoms with Crippen molar-refractivity contribution in [3.05, 3.63) is 64.1 Å². The Morgan fingerprint density at radius 3 is 2.36 bits per heavy atom. The van der Waals surface area contributed by atoms with Crippen LogP contribution in [-0.4, -0.2) is 30.8 Å². The maximum absolute atomic E-state index is 13.0. The zero-order valence-corrected chi connectivity index (χ0v) is 16.0. The zero-order chi connectivity index (χ0) is 18.0. The van der Waals surface area contributed by atoms with Gasteiger partial charge in [-0.2, -0.15) is 0 Å². The van der Waals surface area contributed by atoms with E-state index in [0.29, 0.717) is 17.8 Å². The van der Waals surface area contributed by atoms with Crippen LogP contribution in [0.2, 0.25) is 0 Å². The lowest BCUT2D eigenvalue weighted by Gasteiger charge is -2.24. The first-order chi connectivity index (χ1) is 12.0. The normalized spacial score (nSPS) is 13.4. The molecule has 4 nitrogen and oxygen atoms in total. The van der Waals surface area contributed by atoms with Gasteiger partial charge in [-0.25, -0.2) is 0 Å². The van der Waals surface area contributed by atoms with Gasteiger partial charge < -0.3 is 9.80 Å². The molecule has 2 aromatic carbocycles. The Balaban J connectivity index is 1.82. The lowest BCUT2D eigenvalue weighted by atomic mass is 10.1. The molecule has 0 bridgehead atoms. The third-order valence-corrected chi connectivity index (χ3v) is 5.24. The molecule has 0 N–H and O–H groups in total. The second kappa shape index (κ2) is 7.40. The Hall–Kier alpha value is -2.14. The highest BCUT2D eigenvalue weighted by Gasteiger charge is 2.33. The highest BCUT2D eigenvalue weighted by Crippen LogP contribution is 2.33. The van der Waals surface area contributed by atoms with E-state index in [-0.39, 0.29) is 17.7 Å². The summed E-state index contributed by atoms with van der Waals surface area (Å²) in [6.45, 7) is 0.495. The standard InChI is InChI=1S/C20H21BrN2O2/c1-22(13-15-7-3-5-9-17(15)21)20(25)16-8-4-6-10-18(16)23(2)19(24)14-11-12-14/h3-10,14H,11-13H2,1-2H3. The summed E-state index contributed by atoms with van der Waals surface area (Å²) in [5, 5.41) is 0. The van der Waals surface area contributed by atoms with E-state index in [1.165, 1.54) is 0 Å². The fourth-order valence-corrected chi connectivity index (χ4v) is 3.24. The second-order valence-electron chi connectivity index (χ2n) is 6.44. The lowest BCUT2D eigenvalue weighted by Crippen LogP contribution is -2.32.